The van der Waals surface area contributed by atoms with Crippen molar-refractivity contribution in [2.24, 2.45) is 0 Å². The highest BCUT2D eigenvalue weighted by Crippen LogP contribution is 2.28. The number of imide groups is 1. The van der Waals surface area contributed by atoms with E-state index in [0.717, 1.165) is 4.90 Å². The average molecular weight is 361 g/mol. The molecule has 0 radical (unpaired) electrons. The van der Waals surface area contributed by atoms with Crippen molar-refractivity contribution in [3.05, 3.63) is 70.0 Å². The summed E-state index contributed by atoms with van der Waals surface area (Å²) >= 11 is 5.96. The van der Waals surface area contributed by atoms with E-state index in [1.165, 1.54) is 18.2 Å². The summed E-state index contributed by atoms with van der Waals surface area (Å²) in [5.74, 6) is -1.98. The van der Waals surface area contributed by atoms with Crippen LogP contribution in [0, 0.1) is 5.82 Å². The fraction of sp³-hybridized carbons (Fsp3) is 0.167. The maximum atomic E-state index is 13.5. The van der Waals surface area contributed by atoms with Gasteiger partial charge in [0.1, 0.15) is 12.4 Å². The zero-order chi connectivity index (χ0) is 18.0. The van der Waals surface area contributed by atoms with E-state index in [1.54, 1.807) is 24.3 Å². The lowest BCUT2D eigenvalue weighted by atomic mass is 10.1. The molecule has 0 aliphatic carbocycles. The van der Waals surface area contributed by atoms with E-state index in [9.17, 15) is 18.8 Å². The minimum Gasteiger partial charge on any atom is -0.354 e. The molecular weight excluding hydrogens is 347 g/mol. The van der Waals surface area contributed by atoms with Gasteiger partial charge in [-0.3, -0.25) is 19.3 Å². The van der Waals surface area contributed by atoms with E-state index in [4.69, 9.17) is 11.6 Å². The first-order valence-corrected chi connectivity index (χ1v) is 8.01. The molecule has 5 nitrogen and oxygen atoms in total. The van der Waals surface area contributed by atoms with Crippen molar-refractivity contribution in [3.63, 3.8) is 0 Å². The second-order valence-corrected chi connectivity index (χ2v) is 5.96. The molecule has 2 aromatic rings. The van der Waals surface area contributed by atoms with Crippen LogP contribution >= 0.6 is 11.6 Å². The van der Waals surface area contributed by atoms with Crippen LogP contribution in [0.2, 0.25) is 5.02 Å². The molecule has 0 unspecified atom stereocenters. The molecule has 0 spiro atoms. The first-order valence-electron chi connectivity index (χ1n) is 7.64. The Kier molecular flexibility index (Phi) is 4.81. The lowest BCUT2D eigenvalue weighted by Gasteiger charge is -2.13. The third-order valence-electron chi connectivity index (χ3n) is 3.92. The number of rotatable bonds is 5. The van der Waals surface area contributed by atoms with E-state index in [-0.39, 0.29) is 28.5 Å². The van der Waals surface area contributed by atoms with Crippen molar-refractivity contribution in [1.82, 2.24) is 10.2 Å². The van der Waals surface area contributed by atoms with Crippen molar-refractivity contribution in [2.45, 2.75) is 6.42 Å². The van der Waals surface area contributed by atoms with Crippen LogP contribution < -0.4 is 5.32 Å². The largest absolute Gasteiger partial charge is 0.354 e. The number of nitrogens with zero attached hydrogens (tertiary/aromatic N) is 1. The van der Waals surface area contributed by atoms with E-state index in [2.05, 4.69) is 5.32 Å². The van der Waals surface area contributed by atoms with Gasteiger partial charge in [-0.1, -0.05) is 35.9 Å². The normalized spacial score (nSPS) is 13.1. The fourth-order valence-electron chi connectivity index (χ4n) is 2.67. The SMILES string of the molecule is O=C(CN1C(=O)c2cccc(Cl)c2C1=O)NCCc1ccccc1F. The number of hydrogen-bond donors (Lipinski definition) is 1. The van der Waals surface area contributed by atoms with Gasteiger partial charge in [-0.2, -0.15) is 0 Å². The molecule has 128 valence electrons. The molecule has 3 rings (SSSR count). The third-order valence-corrected chi connectivity index (χ3v) is 4.24. The summed E-state index contributed by atoms with van der Waals surface area (Å²) in [6, 6.07) is 10.9. The predicted molar refractivity (Wildman–Crippen MR) is 89.9 cm³/mol. The zero-order valence-electron chi connectivity index (χ0n) is 13.1. The lowest BCUT2D eigenvalue weighted by Crippen LogP contribution is -2.40. The molecule has 0 bridgehead atoms. The highest BCUT2D eigenvalue weighted by atomic mass is 35.5. The second kappa shape index (κ2) is 7.03. The predicted octanol–water partition coefficient (Wildman–Crippen LogP) is 2.43. The van der Waals surface area contributed by atoms with E-state index < -0.39 is 24.3 Å². The van der Waals surface area contributed by atoms with Crippen LogP contribution in [0.25, 0.3) is 0 Å². The Balaban J connectivity index is 1.59. The van der Waals surface area contributed by atoms with Crippen LogP contribution in [-0.2, 0) is 11.2 Å². The summed E-state index contributed by atoms with van der Waals surface area (Å²) < 4.78 is 13.5. The van der Waals surface area contributed by atoms with Gasteiger partial charge >= 0.3 is 0 Å². The zero-order valence-corrected chi connectivity index (χ0v) is 13.8. The molecule has 3 amide bonds. The summed E-state index contributed by atoms with van der Waals surface area (Å²) in [5, 5.41) is 2.76. The molecule has 0 atom stereocenters. The molecule has 1 N–H and O–H groups in total. The third kappa shape index (κ3) is 3.39. The van der Waals surface area contributed by atoms with Crippen LogP contribution in [0.1, 0.15) is 26.3 Å². The molecule has 0 fully saturated rings. The Hall–Kier alpha value is -2.73. The molecule has 25 heavy (non-hydrogen) atoms. The number of benzene rings is 2. The van der Waals surface area contributed by atoms with Crippen LogP contribution in [0.4, 0.5) is 4.39 Å². The number of hydrogen-bond acceptors (Lipinski definition) is 3. The molecule has 7 heteroatoms. The summed E-state index contributed by atoms with van der Waals surface area (Å²) in [4.78, 5) is 37.4. The maximum Gasteiger partial charge on any atom is 0.263 e. The second-order valence-electron chi connectivity index (χ2n) is 5.55. The standard InChI is InChI=1S/C18H14ClFN2O3/c19-13-6-3-5-12-16(13)18(25)22(17(12)24)10-15(23)21-9-8-11-4-1-2-7-14(11)20/h1-7H,8-10H2,(H,21,23). The number of fused-ring (bicyclic) bond motifs is 1. The van der Waals surface area contributed by atoms with E-state index in [1.807, 2.05) is 0 Å². The average Bonchev–Trinajstić information content (AvgIpc) is 2.83. The minimum absolute atomic E-state index is 0.119. The monoisotopic (exact) mass is 360 g/mol. The molecule has 0 saturated carbocycles. The Morgan fingerprint density at radius 2 is 1.84 bits per heavy atom. The minimum atomic E-state index is -0.588. The van der Waals surface area contributed by atoms with Crippen LogP contribution in [0.5, 0.6) is 0 Å². The molecule has 0 aromatic heterocycles. The Bertz CT molecular complexity index is 869. The topological polar surface area (TPSA) is 66.5 Å². The van der Waals surface area contributed by atoms with E-state index in [0.29, 0.717) is 12.0 Å². The molecule has 1 aliphatic rings. The highest BCUT2D eigenvalue weighted by molar-refractivity contribution is 6.37. The summed E-state index contributed by atoms with van der Waals surface area (Å²) in [5.41, 5.74) is 0.792. The Morgan fingerprint density at radius 1 is 1.08 bits per heavy atom. The Morgan fingerprint density at radius 3 is 2.56 bits per heavy atom. The highest BCUT2D eigenvalue weighted by Gasteiger charge is 2.38. The number of nitrogens with one attached hydrogen (secondary N) is 1. The fourth-order valence-corrected chi connectivity index (χ4v) is 2.93. The first kappa shape index (κ1) is 17.1. The number of halogens is 2. The van der Waals surface area contributed by atoms with Crippen molar-refractivity contribution in [3.8, 4) is 0 Å². The number of carbonyl (C=O) groups excluding carboxylic acids is 3. The van der Waals surface area contributed by atoms with Gasteiger partial charge in [-0.25, -0.2) is 4.39 Å². The quantitative estimate of drug-likeness (QED) is 0.833. The van der Waals surface area contributed by atoms with Gasteiger partial charge in [0.05, 0.1) is 16.1 Å². The van der Waals surface area contributed by atoms with Gasteiger partial charge < -0.3 is 5.32 Å². The molecule has 0 saturated heterocycles. The molecule has 1 aliphatic heterocycles. The summed E-state index contributed by atoms with van der Waals surface area (Å²) in [6.45, 7) is -0.205. The van der Waals surface area contributed by atoms with Gasteiger partial charge in [-0.05, 0) is 30.2 Å². The maximum absolute atomic E-state index is 13.5. The summed E-state index contributed by atoms with van der Waals surface area (Å²) in [7, 11) is 0. The Labute approximate surface area is 148 Å². The molecule has 2 aromatic carbocycles. The van der Waals surface area contributed by atoms with Gasteiger partial charge in [0.15, 0.2) is 0 Å². The van der Waals surface area contributed by atoms with Gasteiger partial charge in [0.25, 0.3) is 11.8 Å². The number of carbonyl (C=O) groups is 3. The van der Waals surface area contributed by atoms with Crippen molar-refractivity contribution < 1.29 is 18.8 Å². The molecular formula is C18H14ClFN2O3. The molecule has 1 heterocycles. The van der Waals surface area contributed by atoms with Crippen molar-refractivity contribution >= 4 is 29.3 Å². The van der Waals surface area contributed by atoms with Crippen molar-refractivity contribution in [2.75, 3.05) is 13.1 Å². The lowest BCUT2D eigenvalue weighted by molar-refractivity contribution is -0.121. The first-order chi connectivity index (χ1) is 12.0. The van der Waals surface area contributed by atoms with Crippen LogP contribution in [-0.4, -0.2) is 35.7 Å². The van der Waals surface area contributed by atoms with E-state index >= 15 is 0 Å². The van der Waals surface area contributed by atoms with Crippen LogP contribution in [0.3, 0.4) is 0 Å². The van der Waals surface area contributed by atoms with Crippen molar-refractivity contribution in [1.29, 1.82) is 0 Å². The van der Waals surface area contributed by atoms with Gasteiger partial charge in [0.2, 0.25) is 5.91 Å². The summed E-state index contributed by atoms with van der Waals surface area (Å²) in [6.07, 6.45) is 0.312. The van der Waals surface area contributed by atoms with Gasteiger partial charge in [0, 0.05) is 6.54 Å². The van der Waals surface area contributed by atoms with Gasteiger partial charge in [-0.15, -0.1) is 0 Å². The smallest absolute Gasteiger partial charge is 0.263 e. The van der Waals surface area contributed by atoms with Crippen LogP contribution in [0.15, 0.2) is 42.5 Å². The number of amides is 3.